The van der Waals surface area contributed by atoms with Crippen LogP contribution in [0.15, 0.2) is 41.5 Å². The molecule has 0 fully saturated rings. The van der Waals surface area contributed by atoms with Crippen molar-refractivity contribution in [2.24, 2.45) is 10.5 Å². The van der Waals surface area contributed by atoms with Crippen LogP contribution in [0, 0.1) is 19.3 Å². The molecule has 7 nitrogen and oxygen atoms in total. The number of benzene rings is 2. The maximum atomic E-state index is 13.6. The van der Waals surface area contributed by atoms with Gasteiger partial charge in [0, 0.05) is 11.1 Å². The number of nitrogens with one attached hydrogen (secondary N) is 2. The van der Waals surface area contributed by atoms with Crippen molar-refractivity contribution >= 4 is 30.5 Å². The maximum Gasteiger partial charge on any atom is 0.464 e. The second kappa shape index (κ2) is 9.16. The van der Waals surface area contributed by atoms with Gasteiger partial charge in [-0.3, -0.25) is 15.0 Å². The van der Waals surface area contributed by atoms with Gasteiger partial charge in [-0.1, -0.05) is 51.0 Å². The van der Waals surface area contributed by atoms with Gasteiger partial charge in [0.2, 0.25) is 0 Å². The lowest BCUT2D eigenvalue weighted by Crippen LogP contribution is -2.56. The molecule has 0 bridgehead atoms. The standard InChI is InChI=1S/C24H31BN4O3/c1-7-21(24(4,5)6)29(23(31)19-11-15(2)10-16(3)12-19)27-22(30)17-8-9-18-14-26-28-25(32)20(18)13-17/h8-14,21,28,32H,7H2,1-6H3,(H,27,30). The lowest BCUT2D eigenvalue weighted by molar-refractivity contribution is 0.0285. The Bertz CT molecular complexity index is 1040. The van der Waals surface area contributed by atoms with Crippen LogP contribution in [0.25, 0.3) is 0 Å². The molecule has 0 aromatic heterocycles. The molecule has 2 aromatic carbocycles. The van der Waals surface area contributed by atoms with E-state index in [9.17, 15) is 14.6 Å². The summed E-state index contributed by atoms with van der Waals surface area (Å²) in [5.74, 6) is -0.665. The maximum absolute atomic E-state index is 13.6. The predicted molar refractivity (Wildman–Crippen MR) is 128 cm³/mol. The van der Waals surface area contributed by atoms with Crippen molar-refractivity contribution in [3.63, 3.8) is 0 Å². The fourth-order valence-electron chi connectivity index (χ4n) is 4.18. The summed E-state index contributed by atoms with van der Waals surface area (Å²) >= 11 is 0. The Morgan fingerprint density at radius 1 is 1.12 bits per heavy atom. The number of nitrogens with zero attached hydrogens (tertiary/aromatic N) is 2. The highest BCUT2D eigenvalue weighted by Crippen LogP contribution is 2.27. The molecule has 0 spiro atoms. The molecule has 3 N–H and O–H groups in total. The van der Waals surface area contributed by atoms with Gasteiger partial charge >= 0.3 is 7.05 Å². The number of carbonyl (C=O) groups is 2. The fourth-order valence-corrected chi connectivity index (χ4v) is 4.18. The molecule has 1 atom stereocenters. The van der Waals surface area contributed by atoms with Crippen molar-refractivity contribution in [1.29, 1.82) is 0 Å². The van der Waals surface area contributed by atoms with E-state index < -0.39 is 13.0 Å². The van der Waals surface area contributed by atoms with Gasteiger partial charge in [0.05, 0.1) is 12.3 Å². The smallest absolute Gasteiger partial charge is 0.428 e. The van der Waals surface area contributed by atoms with Crippen LogP contribution < -0.4 is 16.2 Å². The number of aryl methyl sites for hydroxylation is 2. The SMILES string of the molecule is CCC(N(NC(=O)c1ccc2c(c1)B(O)NN=C2)C(=O)c1cc(C)cc(C)c1)C(C)(C)C. The summed E-state index contributed by atoms with van der Waals surface area (Å²) in [4.78, 5) is 26.8. The molecule has 8 heteroatoms. The van der Waals surface area contributed by atoms with E-state index in [4.69, 9.17) is 0 Å². The Morgan fingerprint density at radius 2 is 1.78 bits per heavy atom. The van der Waals surface area contributed by atoms with Gasteiger partial charge < -0.3 is 10.4 Å². The van der Waals surface area contributed by atoms with E-state index in [-0.39, 0.29) is 17.4 Å². The van der Waals surface area contributed by atoms with Gasteiger partial charge in [-0.05, 0) is 61.0 Å². The Hall–Kier alpha value is -3.13. The van der Waals surface area contributed by atoms with Crippen LogP contribution in [-0.2, 0) is 0 Å². The van der Waals surface area contributed by atoms with E-state index in [1.54, 1.807) is 24.4 Å². The molecule has 2 amide bonds. The molecule has 0 saturated carbocycles. The van der Waals surface area contributed by atoms with Crippen molar-refractivity contribution in [3.8, 4) is 0 Å². The second-order valence-corrected chi connectivity index (χ2v) is 9.42. The lowest BCUT2D eigenvalue weighted by atomic mass is 9.71. The molecular weight excluding hydrogens is 403 g/mol. The van der Waals surface area contributed by atoms with Crippen LogP contribution in [0.5, 0.6) is 0 Å². The first-order valence-electron chi connectivity index (χ1n) is 10.8. The third kappa shape index (κ3) is 5.02. The molecule has 0 aliphatic carbocycles. The molecule has 1 heterocycles. The Labute approximate surface area is 190 Å². The number of fused-ring (bicyclic) bond motifs is 1. The lowest BCUT2D eigenvalue weighted by Gasteiger charge is -2.39. The summed E-state index contributed by atoms with van der Waals surface area (Å²) in [6.45, 7) is 12.1. The summed E-state index contributed by atoms with van der Waals surface area (Å²) in [7, 11) is -0.992. The van der Waals surface area contributed by atoms with Crippen LogP contribution in [0.4, 0.5) is 0 Å². The average Bonchev–Trinajstić information content (AvgIpc) is 2.71. The molecule has 1 aliphatic heterocycles. The highest BCUT2D eigenvalue weighted by atomic mass is 16.2. The summed E-state index contributed by atoms with van der Waals surface area (Å²) in [6, 6.07) is 10.5. The van der Waals surface area contributed by atoms with Crippen molar-refractivity contribution in [2.75, 3.05) is 0 Å². The van der Waals surface area contributed by atoms with E-state index in [2.05, 4.69) is 36.6 Å². The number of hydrazine groups is 1. The first kappa shape index (κ1) is 23.5. The van der Waals surface area contributed by atoms with Gasteiger partial charge in [0.15, 0.2) is 0 Å². The molecule has 32 heavy (non-hydrogen) atoms. The van der Waals surface area contributed by atoms with Crippen LogP contribution >= 0.6 is 0 Å². The predicted octanol–water partition coefficient (Wildman–Crippen LogP) is 2.54. The normalized spacial score (nSPS) is 13.8. The Kier molecular flexibility index (Phi) is 6.74. The summed E-state index contributed by atoms with van der Waals surface area (Å²) in [6.07, 6.45) is 2.26. The minimum Gasteiger partial charge on any atom is -0.428 e. The van der Waals surface area contributed by atoms with E-state index >= 15 is 0 Å². The molecule has 0 radical (unpaired) electrons. The Balaban J connectivity index is 1.97. The highest BCUT2D eigenvalue weighted by molar-refractivity contribution is 6.65. The number of hydrogen-bond donors (Lipinski definition) is 3. The van der Waals surface area contributed by atoms with Gasteiger partial charge in [0.25, 0.3) is 11.8 Å². The summed E-state index contributed by atoms with van der Waals surface area (Å²) in [5, 5.41) is 18.1. The molecule has 1 unspecified atom stereocenters. The minimum absolute atomic E-state index is 0.225. The first-order valence-corrected chi connectivity index (χ1v) is 10.8. The third-order valence-corrected chi connectivity index (χ3v) is 5.65. The Morgan fingerprint density at radius 3 is 2.38 bits per heavy atom. The highest BCUT2D eigenvalue weighted by Gasteiger charge is 2.34. The largest absolute Gasteiger partial charge is 0.464 e. The van der Waals surface area contributed by atoms with Crippen molar-refractivity contribution in [2.45, 2.75) is 54.0 Å². The number of rotatable bonds is 4. The quantitative estimate of drug-likeness (QED) is 0.509. The zero-order valence-corrected chi connectivity index (χ0v) is 19.6. The van der Waals surface area contributed by atoms with E-state index in [1.807, 2.05) is 39.0 Å². The van der Waals surface area contributed by atoms with Crippen molar-refractivity contribution in [1.82, 2.24) is 15.8 Å². The molecule has 2 aromatic rings. The van der Waals surface area contributed by atoms with Gasteiger partial charge in [-0.2, -0.15) is 5.10 Å². The van der Waals surface area contributed by atoms with Crippen LogP contribution in [0.2, 0.25) is 0 Å². The fraction of sp³-hybridized carbons (Fsp3) is 0.375. The molecule has 168 valence electrons. The van der Waals surface area contributed by atoms with E-state index in [0.717, 1.165) is 16.7 Å². The topological polar surface area (TPSA) is 94.0 Å². The van der Waals surface area contributed by atoms with Gasteiger partial charge in [0.1, 0.15) is 0 Å². The number of hydrazone groups is 1. The van der Waals surface area contributed by atoms with Crippen molar-refractivity contribution < 1.29 is 14.6 Å². The van der Waals surface area contributed by atoms with Crippen LogP contribution in [-0.4, -0.2) is 41.2 Å². The average molecular weight is 434 g/mol. The molecular formula is C24H31BN4O3. The first-order chi connectivity index (χ1) is 15.0. The van der Waals surface area contributed by atoms with Crippen LogP contribution in [0.1, 0.15) is 71.5 Å². The third-order valence-electron chi connectivity index (χ3n) is 5.65. The van der Waals surface area contributed by atoms with Crippen molar-refractivity contribution in [3.05, 3.63) is 64.2 Å². The summed E-state index contributed by atoms with van der Waals surface area (Å²) < 4.78 is 0. The molecule has 3 rings (SSSR count). The zero-order chi connectivity index (χ0) is 23.6. The van der Waals surface area contributed by atoms with E-state index in [1.165, 1.54) is 5.01 Å². The number of hydrogen-bond acceptors (Lipinski definition) is 5. The second-order valence-electron chi connectivity index (χ2n) is 9.42. The van der Waals surface area contributed by atoms with E-state index in [0.29, 0.717) is 23.0 Å². The number of carbonyl (C=O) groups excluding carboxylic acids is 2. The molecule has 1 aliphatic rings. The van der Waals surface area contributed by atoms with Crippen LogP contribution in [0.3, 0.4) is 0 Å². The minimum atomic E-state index is -0.992. The molecule has 0 saturated heterocycles. The van der Waals surface area contributed by atoms with Gasteiger partial charge in [-0.15, -0.1) is 0 Å². The zero-order valence-electron chi connectivity index (χ0n) is 19.6. The summed E-state index contributed by atoms with van der Waals surface area (Å²) in [5.41, 5.74) is 6.75. The monoisotopic (exact) mass is 434 g/mol. The number of amides is 2. The van der Waals surface area contributed by atoms with Gasteiger partial charge in [-0.25, -0.2) is 5.01 Å².